The Kier molecular flexibility index (Phi) is 3.54. The minimum atomic E-state index is -2.48. The molecule has 0 aliphatic rings. The number of hydrogen-bond donors (Lipinski definition) is 1. The molecule has 0 fully saturated rings. The van der Waals surface area contributed by atoms with Crippen molar-refractivity contribution in [3.05, 3.63) is 42.0 Å². The van der Waals surface area contributed by atoms with Crippen molar-refractivity contribution in [2.75, 3.05) is 6.61 Å². The summed E-state index contributed by atoms with van der Waals surface area (Å²) in [6.07, 6.45) is -2.48. The van der Waals surface area contributed by atoms with Crippen molar-refractivity contribution in [1.82, 2.24) is 0 Å². The standard InChI is InChI=1S/C13H13F2NO/c14-13(15)8-17-12-6-5-9-3-1-2-4-10(9)11(12)7-16/h1-6,13H,7-8,16H2. The van der Waals surface area contributed by atoms with E-state index in [0.717, 1.165) is 16.3 Å². The summed E-state index contributed by atoms with van der Waals surface area (Å²) in [5.41, 5.74) is 6.42. The van der Waals surface area contributed by atoms with Crippen LogP contribution in [0, 0.1) is 0 Å². The number of rotatable bonds is 4. The number of nitrogens with two attached hydrogens (primary N) is 1. The summed E-state index contributed by atoms with van der Waals surface area (Å²) < 4.78 is 29.3. The van der Waals surface area contributed by atoms with Crippen molar-refractivity contribution in [3.8, 4) is 5.75 Å². The molecule has 90 valence electrons. The number of benzene rings is 2. The van der Waals surface area contributed by atoms with Crippen LogP contribution in [0.15, 0.2) is 36.4 Å². The van der Waals surface area contributed by atoms with E-state index in [4.69, 9.17) is 10.5 Å². The van der Waals surface area contributed by atoms with E-state index in [1.165, 1.54) is 0 Å². The summed E-state index contributed by atoms with van der Waals surface area (Å²) in [7, 11) is 0. The lowest BCUT2D eigenvalue weighted by molar-refractivity contribution is 0.0815. The molecule has 0 radical (unpaired) electrons. The second kappa shape index (κ2) is 5.10. The number of fused-ring (bicyclic) bond motifs is 1. The smallest absolute Gasteiger partial charge is 0.272 e. The highest BCUT2D eigenvalue weighted by molar-refractivity contribution is 5.87. The van der Waals surface area contributed by atoms with E-state index in [9.17, 15) is 8.78 Å². The van der Waals surface area contributed by atoms with Gasteiger partial charge in [0.1, 0.15) is 12.4 Å². The van der Waals surface area contributed by atoms with Gasteiger partial charge in [-0.1, -0.05) is 30.3 Å². The number of ether oxygens (including phenoxy) is 1. The molecule has 2 nitrogen and oxygen atoms in total. The molecule has 2 aromatic carbocycles. The SMILES string of the molecule is NCc1c(OCC(F)F)ccc2ccccc12. The molecule has 0 bridgehead atoms. The third kappa shape index (κ3) is 2.53. The zero-order valence-corrected chi connectivity index (χ0v) is 9.20. The predicted molar refractivity (Wildman–Crippen MR) is 63.3 cm³/mol. The minimum Gasteiger partial charge on any atom is -0.487 e. The molecule has 2 aromatic rings. The lowest BCUT2D eigenvalue weighted by atomic mass is 10.0. The molecule has 0 aromatic heterocycles. The van der Waals surface area contributed by atoms with Crippen molar-refractivity contribution in [2.45, 2.75) is 13.0 Å². The van der Waals surface area contributed by atoms with E-state index in [2.05, 4.69) is 0 Å². The number of alkyl halides is 2. The van der Waals surface area contributed by atoms with Gasteiger partial charge in [-0.25, -0.2) is 8.78 Å². The molecule has 2 rings (SSSR count). The Hall–Kier alpha value is -1.68. The Bertz CT molecular complexity index is 514. The highest BCUT2D eigenvalue weighted by Crippen LogP contribution is 2.27. The fourth-order valence-corrected chi connectivity index (χ4v) is 1.81. The van der Waals surface area contributed by atoms with Gasteiger partial charge in [-0.2, -0.15) is 0 Å². The van der Waals surface area contributed by atoms with Gasteiger partial charge in [0.15, 0.2) is 0 Å². The molecule has 4 heteroatoms. The summed E-state index contributed by atoms with van der Waals surface area (Å²) >= 11 is 0. The molecule has 0 heterocycles. The first-order valence-corrected chi connectivity index (χ1v) is 5.34. The van der Waals surface area contributed by atoms with Crippen LogP contribution in [0.1, 0.15) is 5.56 Å². The van der Waals surface area contributed by atoms with E-state index < -0.39 is 13.0 Å². The van der Waals surface area contributed by atoms with Crippen LogP contribution in [0.5, 0.6) is 5.75 Å². The topological polar surface area (TPSA) is 35.2 Å². The molecule has 0 saturated carbocycles. The van der Waals surface area contributed by atoms with Crippen LogP contribution in [-0.4, -0.2) is 13.0 Å². The number of halogens is 2. The first kappa shape index (κ1) is 11.8. The molecule has 0 unspecified atom stereocenters. The average molecular weight is 237 g/mol. The molecule has 17 heavy (non-hydrogen) atoms. The fourth-order valence-electron chi connectivity index (χ4n) is 1.81. The average Bonchev–Trinajstić information content (AvgIpc) is 2.35. The zero-order valence-electron chi connectivity index (χ0n) is 9.20. The second-order valence-electron chi connectivity index (χ2n) is 3.67. The Morgan fingerprint density at radius 3 is 2.59 bits per heavy atom. The Morgan fingerprint density at radius 2 is 1.88 bits per heavy atom. The van der Waals surface area contributed by atoms with Gasteiger partial charge in [-0.15, -0.1) is 0 Å². The fraction of sp³-hybridized carbons (Fsp3) is 0.231. The third-order valence-electron chi connectivity index (χ3n) is 2.57. The van der Waals surface area contributed by atoms with Gasteiger partial charge in [-0.05, 0) is 16.8 Å². The second-order valence-corrected chi connectivity index (χ2v) is 3.67. The minimum absolute atomic E-state index is 0.264. The van der Waals surface area contributed by atoms with Gasteiger partial charge < -0.3 is 10.5 Å². The van der Waals surface area contributed by atoms with E-state index >= 15 is 0 Å². The lowest BCUT2D eigenvalue weighted by Gasteiger charge is -2.12. The zero-order chi connectivity index (χ0) is 12.3. The molecular weight excluding hydrogens is 224 g/mol. The maximum absolute atomic E-state index is 12.1. The van der Waals surface area contributed by atoms with E-state index in [-0.39, 0.29) is 6.54 Å². The van der Waals surface area contributed by atoms with Crippen LogP contribution in [0.25, 0.3) is 10.8 Å². The van der Waals surface area contributed by atoms with Crippen LogP contribution < -0.4 is 10.5 Å². The highest BCUT2D eigenvalue weighted by atomic mass is 19.3. The molecule has 0 atom stereocenters. The monoisotopic (exact) mass is 237 g/mol. The van der Waals surface area contributed by atoms with Crippen LogP contribution in [-0.2, 0) is 6.54 Å². The van der Waals surface area contributed by atoms with Crippen LogP contribution in [0.2, 0.25) is 0 Å². The molecule has 0 spiro atoms. The van der Waals surface area contributed by atoms with Gasteiger partial charge in [0.2, 0.25) is 0 Å². The highest BCUT2D eigenvalue weighted by Gasteiger charge is 2.09. The largest absolute Gasteiger partial charge is 0.487 e. The van der Waals surface area contributed by atoms with Crippen LogP contribution in [0.4, 0.5) is 8.78 Å². The molecule has 0 amide bonds. The molecule has 0 aliphatic carbocycles. The number of hydrogen-bond acceptors (Lipinski definition) is 2. The normalized spacial score (nSPS) is 11.1. The van der Waals surface area contributed by atoms with Gasteiger partial charge in [0.05, 0.1) is 0 Å². The van der Waals surface area contributed by atoms with Crippen LogP contribution in [0.3, 0.4) is 0 Å². The summed E-state index contributed by atoms with van der Waals surface area (Å²) in [6, 6.07) is 11.2. The predicted octanol–water partition coefficient (Wildman–Crippen LogP) is 2.94. The first-order valence-electron chi connectivity index (χ1n) is 5.34. The van der Waals surface area contributed by atoms with Gasteiger partial charge >= 0.3 is 0 Å². The van der Waals surface area contributed by atoms with Gasteiger partial charge in [0, 0.05) is 12.1 Å². The van der Waals surface area contributed by atoms with Crippen molar-refractivity contribution in [3.63, 3.8) is 0 Å². The summed E-state index contributed by atoms with van der Waals surface area (Å²) in [4.78, 5) is 0. The first-order chi connectivity index (χ1) is 8.22. The van der Waals surface area contributed by atoms with Crippen molar-refractivity contribution in [2.24, 2.45) is 5.73 Å². The molecular formula is C13H13F2NO. The Labute approximate surface area is 98.0 Å². The van der Waals surface area contributed by atoms with E-state index in [1.54, 1.807) is 6.07 Å². The van der Waals surface area contributed by atoms with Crippen LogP contribution >= 0.6 is 0 Å². The molecule has 2 N–H and O–H groups in total. The van der Waals surface area contributed by atoms with Crippen molar-refractivity contribution >= 4 is 10.8 Å². The third-order valence-corrected chi connectivity index (χ3v) is 2.57. The Morgan fingerprint density at radius 1 is 1.12 bits per heavy atom. The maximum Gasteiger partial charge on any atom is 0.272 e. The van der Waals surface area contributed by atoms with E-state index in [1.807, 2.05) is 30.3 Å². The summed E-state index contributed by atoms with van der Waals surface area (Å²) in [6.45, 7) is -0.342. The lowest BCUT2D eigenvalue weighted by Crippen LogP contribution is -2.10. The molecule has 0 saturated heterocycles. The Balaban J connectivity index is 2.42. The van der Waals surface area contributed by atoms with Crippen molar-refractivity contribution < 1.29 is 13.5 Å². The maximum atomic E-state index is 12.1. The summed E-state index contributed by atoms with van der Waals surface area (Å²) in [5, 5.41) is 1.97. The summed E-state index contributed by atoms with van der Waals surface area (Å²) in [5.74, 6) is 0.437. The van der Waals surface area contributed by atoms with Crippen molar-refractivity contribution in [1.29, 1.82) is 0 Å². The van der Waals surface area contributed by atoms with Gasteiger partial charge in [0.25, 0.3) is 6.43 Å². The molecule has 0 aliphatic heterocycles. The van der Waals surface area contributed by atoms with E-state index in [0.29, 0.717) is 5.75 Å². The quantitative estimate of drug-likeness (QED) is 0.887. The van der Waals surface area contributed by atoms with Gasteiger partial charge in [-0.3, -0.25) is 0 Å².